The first kappa shape index (κ1) is 10.9. The van der Waals surface area contributed by atoms with Crippen LogP contribution in [-0.4, -0.2) is 19.7 Å². The van der Waals surface area contributed by atoms with Crippen LogP contribution in [0.2, 0.25) is 0 Å². The molecule has 0 saturated heterocycles. The number of nitrogens with two attached hydrogens (primary N) is 1. The molecule has 0 atom stereocenters. The third-order valence-electron chi connectivity index (χ3n) is 2.05. The maximum Gasteiger partial charge on any atom is 0.191 e. The minimum Gasteiger partial charge on any atom is -0.312 e. The van der Waals surface area contributed by atoms with E-state index in [0.717, 1.165) is 16.5 Å². The molecule has 84 valence electrons. The number of aromatic nitrogens is 4. The van der Waals surface area contributed by atoms with Gasteiger partial charge in [0.1, 0.15) is 12.1 Å². The number of hydrazine groups is 1. The van der Waals surface area contributed by atoms with Gasteiger partial charge in [0, 0.05) is 24.6 Å². The highest BCUT2D eigenvalue weighted by Crippen LogP contribution is 2.22. The second-order valence-corrected chi connectivity index (χ2v) is 4.11. The van der Waals surface area contributed by atoms with Gasteiger partial charge >= 0.3 is 0 Å². The summed E-state index contributed by atoms with van der Waals surface area (Å²) in [6.07, 6.45) is 3.37. The van der Waals surface area contributed by atoms with Crippen LogP contribution in [-0.2, 0) is 12.8 Å². The predicted molar refractivity (Wildman–Crippen MR) is 62.6 cm³/mol. The van der Waals surface area contributed by atoms with Crippen molar-refractivity contribution >= 4 is 17.6 Å². The fraction of sp³-hybridized carbons (Fsp3) is 0.222. The first-order chi connectivity index (χ1) is 7.81. The summed E-state index contributed by atoms with van der Waals surface area (Å²) in [7, 11) is 1.91. The van der Waals surface area contributed by atoms with Gasteiger partial charge in [0.05, 0.1) is 0 Å². The number of pyridine rings is 1. The maximum absolute atomic E-state index is 5.37. The molecular formula is C9H12N6S. The van der Waals surface area contributed by atoms with Crippen LogP contribution in [0.1, 0.15) is 5.56 Å². The Morgan fingerprint density at radius 3 is 3.12 bits per heavy atom. The van der Waals surface area contributed by atoms with Gasteiger partial charge in [-0.25, -0.2) is 10.8 Å². The molecule has 0 saturated carbocycles. The molecule has 0 aliphatic rings. The molecule has 2 heterocycles. The van der Waals surface area contributed by atoms with Gasteiger partial charge in [-0.3, -0.25) is 0 Å². The summed E-state index contributed by atoms with van der Waals surface area (Å²) in [6.45, 7) is 0. The van der Waals surface area contributed by atoms with Crippen LogP contribution in [0.3, 0.4) is 0 Å². The van der Waals surface area contributed by atoms with Crippen LogP contribution >= 0.6 is 11.8 Å². The number of nitrogen functional groups attached to an aromatic ring is 1. The molecule has 0 radical (unpaired) electrons. The van der Waals surface area contributed by atoms with Crippen LogP contribution < -0.4 is 11.3 Å². The molecule has 0 spiro atoms. The number of hydrogen-bond acceptors (Lipinski definition) is 6. The molecule has 0 aliphatic heterocycles. The van der Waals surface area contributed by atoms with E-state index in [0.29, 0.717) is 5.82 Å². The van der Waals surface area contributed by atoms with Crippen LogP contribution in [0.5, 0.6) is 0 Å². The Labute approximate surface area is 97.2 Å². The fourth-order valence-corrected chi connectivity index (χ4v) is 2.10. The van der Waals surface area contributed by atoms with Crippen molar-refractivity contribution in [2.75, 3.05) is 5.43 Å². The zero-order valence-electron chi connectivity index (χ0n) is 8.79. The number of aryl methyl sites for hydroxylation is 1. The van der Waals surface area contributed by atoms with E-state index < -0.39 is 0 Å². The monoisotopic (exact) mass is 236 g/mol. The summed E-state index contributed by atoms with van der Waals surface area (Å²) < 4.78 is 1.87. The van der Waals surface area contributed by atoms with Gasteiger partial charge in [-0.2, -0.15) is 0 Å². The molecule has 2 aromatic rings. The van der Waals surface area contributed by atoms with E-state index in [2.05, 4.69) is 20.6 Å². The van der Waals surface area contributed by atoms with Crippen molar-refractivity contribution in [3.8, 4) is 0 Å². The number of nitrogens with one attached hydrogen (secondary N) is 1. The molecule has 0 aliphatic carbocycles. The van der Waals surface area contributed by atoms with Crippen molar-refractivity contribution in [1.82, 2.24) is 19.7 Å². The Kier molecular flexibility index (Phi) is 3.37. The van der Waals surface area contributed by atoms with Crippen molar-refractivity contribution in [1.29, 1.82) is 0 Å². The lowest BCUT2D eigenvalue weighted by Crippen LogP contribution is -2.10. The lowest BCUT2D eigenvalue weighted by molar-refractivity contribution is 0.788. The van der Waals surface area contributed by atoms with Crippen LogP contribution in [0.4, 0.5) is 5.82 Å². The summed E-state index contributed by atoms with van der Waals surface area (Å²) in [5.41, 5.74) is 3.61. The number of hydrogen-bond donors (Lipinski definition) is 2. The average molecular weight is 236 g/mol. The summed E-state index contributed by atoms with van der Waals surface area (Å²) in [5.74, 6) is 6.82. The summed E-state index contributed by atoms with van der Waals surface area (Å²) in [4.78, 5) is 4.13. The van der Waals surface area contributed by atoms with E-state index in [1.54, 1.807) is 24.3 Å². The molecular weight excluding hydrogens is 224 g/mol. The van der Waals surface area contributed by atoms with Crippen molar-refractivity contribution in [2.24, 2.45) is 12.9 Å². The van der Waals surface area contributed by atoms with Crippen LogP contribution in [0.15, 0.2) is 29.8 Å². The van der Waals surface area contributed by atoms with Crippen molar-refractivity contribution in [3.05, 3.63) is 30.2 Å². The first-order valence-electron chi connectivity index (χ1n) is 4.68. The lowest BCUT2D eigenvalue weighted by atomic mass is 10.3. The summed E-state index contributed by atoms with van der Waals surface area (Å²) in [6, 6.07) is 3.86. The first-order valence-corrected chi connectivity index (χ1v) is 5.67. The number of rotatable bonds is 4. The molecule has 16 heavy (non-hydrogen) atoms. The number of anilines is 1. The Balaban J connectivity index is 2.07. The molecule has 0 aromatic carbocycles. The van der Waals surface area contributed by atoms with Gasteiger partial charge in [-0.1, -0.05) is 17.8 Å². The quantitative estimate of drug-likeness (QED) is 0.464. The summed E-state index contributed by atoms with van der Waals surface area (Å²) in [5, 5.41) is 8.67. The highest BCUT2D eigenvalue weighted by Gasteiger charge is 2.05. The predicted octanol–water partition coefficient (Wildman–Crippen LogP) is 0.788. The van der Waals surface area contributed by atoms with Gasteiger partial charge in [0.2, 0.25) is 0 Å². The maximum atomic E-state index is 5.37. The zero-order valence-corrected chi connectivity index (χ0v) is 9.61. The Hall–Kier alpha value is -1.60. The highest BCUT2D eigenvalue weighted by atomic mass is 32.2. The minimum absolute atomic E-state index is 0.692. The van der Waals surface area contributed by atoms with E-state index in [4.69, 9.17) is 5.84 Å². The lowest BCUT2D eigenvalue weighted by Gasteiger charge is -2.06. The molecule has 2 rings (SSSR count). The van der Waals surface area contributed by atoms with Gasteiger partial charge in [0.15, 0.2) is 5.16 Å². The molecule has 0 bridgehead atoms. The average Bonchev–Trinajstić information content (AvgIpc) is 2.72. The second-order valence-electron chi connectivity index (χ2n) is 3.17. The van der Waals surface area contributed by atoms with Gasteiger partial charge < -0.3 is 9.99 Å². The third kappa shape index (κ3) is 2.31. The molecule has 0 unspecified atom stereocenters. The number of nitrogens with zero attached hydrogens (tertiary/aromatic N) is 4. The van der Waals surface area contributed by atoms with Gasteiger partial charge in [-0.15, -0.1) is 10.2 Å². The molecule has 0 amide bonds. The Morgan fingerprint density at radius 1 is 1.56 bits per heavy atom. The largest absolute Gasteiger partial charge is 0.312 e. The van der Waals surface area contributed by atoms with Crippen LogP contribution in [0, 0.1) is 0 Å². The molecule has 7 heteroatoms. The third-order valence-corrected chi connectivity index (χ3v) is 3.14. The van der Waals surface area contributed by atoms with Crippen molar-refractivity contribution in [2.45, 2.75) is 10.9 Å². The van der Waals surface area contributed by atoms with Crippen molar-refractivity contribution in [3.63, 3.8) is 0 Å². The van der Waals surface area contributed by atoms with Gasteiger partial charge in [0.25, 0.3) is 0 Å². The van der Waals surface area contributed by atoms with Gasteiger partial charge in [-0.05, 0) is 6.07 Å². The second kappa shape index (κ2) is 4.95. The Morgan fingerprint density at radius 2 is 2.44 bits per heavy atom. The topological polar surface area (TPSA) is 81.7 Å². The zero-order chi connectivity index (χ0) is 11.4. The van der Waals surface area contributed by atoms with Crippen LogP contribution in [0.25, 0.3) is 0 Å². The van der Waals surface area contributed by atoms with E-state index in [1.807, 2.05) is 23.7 Å². The van der Waals surface area contributed by atoms with Crippen molar-refractivity contribution < 1.29 is 0 Å². The molecule has 6 nitrogen and oxygen atoms in total. The minimum atomic E-state index is 0.692. The Bertz CT molecular complexity index is 469. The molecule has 0 fully saturated rings. The standard InChI is InChI=1S/C9H12N6S/c1-15-6-12-14-9(15)16-5-7-3-2-4-11-8(7)13-10/h2-4,6H,5,10H2,1H3,(H,11,13). The van der Waals surface area contributed by atoms with E-state index in [9.17, 15) is 0 Å². The summed E-state index contributed by atoms with van der Waals surface area (Å²) >= 11 is 1.59. The molecule has 3 N–H and O–H groups in total. The highest BCUT2D eigenvalue weighted by molar-refractivity contribution is 7.98. The normalized spacial score (nSPS) is 10.4. The fourth-order valence-electron chi connectivity index (χ4n) is 1.23. The smallest absolute Gasteiger partial charge is 0.191 e. The van der Waals surface area contributed by atoms with E-state index >= 15 is 0 Å². The molecule has 2 aromatic heterocycles. The SMILES string of the molecule is Cn1cnnc1SCc1cccnc1NN. The van der Waals surface area contributed by atoms with E-state index in [-0.39, 0.29) is 0 Å². The van der Waals surface area contributed by atoms with E-state index in [1.165, 1.54) is 0 Å². The number of thioether (sulfide) groups is 1.